The average Bonchev–Trinajstić information content (AvgIpc) is 2.59. The van der Waals surface area contributed by atoms with E-state index < -0.39 is 12.0 Å². The van der Waals surface area contributed by atoms with Crippen molar-refractivity contribution in [1.82, 2.24) is 5.32 Å². The lowest BCUT2D eigenvalue weighted by atomic mass is 9.93. The molecule has 6 nitrogen and oxygen atoms in total. The van der Waals surface area contributed by atoms with Gasteiger partial charge in [0.1, 0.15) is 12.1 Å². The molecule has 3 N–H and O–H groups in total. The van der Waals surface area contributed by atoms with Gasteiger partial charge >= 0.3 is 11.9 Å². The number of carbonyl (C=O) groups excluding carboxylic acids is 2. The number of ether oxygens (including phenoxy) is 2. The van der Waals surface area contributed by atoms with Crippen molar-refractivity contribution in [1.29, 1.82) is 0 Å². The second-order valence-electron chi connectivity index (χ2n) is 6.18. The molecule has 0 bridgehead atoms. The molecular formula is C18H26N2O4. The van der Waals surface area contributed by atoms with Crippen molar-refractivity contribution in [2.45, 2.75) is 50.3 Å². The minimum atomic E-state index is -0.519. The Morgan fingerprint density at radius 1 is 1.33 bits per heavy atom. The lowest BCUT2D eigenvalue weighted by Gasteiger charge is -2.28. The molecule has 1 aromatic rings. The Hall–Kier alpha value is -1.92. The first-order valence-electron chi connectivity index (χ1n) is 8.34. The van der Waals surface area contributed by atoms with Crippen LogP contribution in [-0.2, 0) is 20.7 Å². The molecule has 3 unspecified atom stereocenters. The predicted octanol–water partition coefficient (Wildman–Crippen LogP) is 1.42. The molecular weight excluding hydrogens is 308 g/mol. The van der Waals surface area contributed by atoms with Gasteiger partial charge in [0.2, 0.25) is 0 Å². The number of nitrogens with two attached hydrogens (primary N) is 1. The lowest BCUT2D eigenvalue weighted by Crippen LogP contribution is -2.41. The zero-order valence-electron chi connectivity index (χ0n) is 14.3. The molecule has 3 atom stereocenters. The van der Waals surface area contributed by atoms with E-state index in [-0.39, 0.29) is 18.1 Å². The SMILES string of the molecule is CNC(Cc1ccccc1C(=O)OC)C(=O)OC1CCCC(N)C1. The van der Waals surface area contributed by atoms with Crippen LogP contribution in [0.4, 0.5) is 0 Å². The predicted molar refractivity (Wildman–Crippen MR) is 90.7 cm³/mol. The van der Waals surface area contributed by atoms with Crippen molar-refractivity contribution in [2.24, 2.45) is 5.73 Å². The van der Waals surface area contributed by atoms with Crippen molar-refractivity contribution in [3.63, 3.8) is 0 Å². The highest BCUT2D eigenvalue weighted by atomic mass is 16.5. The van der Waals surface area contributed by atoms with Crippen LogP contribution in [0.3, 0.4) is 0 Å². The third-order valence-corrected chi connectivity index (χ3v) is 4.43. The maximum absolute atomic E-state index is 12.5. The van der Waals surface area contributed by atoms with E-state index in [0.717, 1.165) is 24.8 Å². The fourth-order valence-corrected chi connectivity index (χ4v) is 3.07. The summed E-state index contributed by atoms with van der Waals surface area (Å²) in [5.41, 5.74) is 7.16. The fraction of sp³-hybridized carbons (Fsp3) is 0.556. The standard InChI is InChI=1S/C18H26N2O4/c1-20-16(18(22)24-14-8-5-7-13(19)11-14)10-12-6-3-4-9-15(12)17(21)23-2/h3-4,6,9,13-14,16,20H,5,7-8,10-11,19H2,1-2H3. The smallest absolute Gasteiger partial charge is 0.338 e. The van der Waals surface area contributed by atoms with E-state index in [4.69, 9.17) is 15.2 Å². The molecule has 24 heavy (non-hydrogen) atoms. The van der Waals surface area contributed by atoms with Gasteiger partial charge in [-0.3, -0.25) is 4.79 Å². The van der Waals surface area contributed by atoms with Gasteiger partial charge in [-0.1, -0.05) is 18.2 Å². The van der Waals surface area contributed by atoms with Crippen LogP contribution in [-0.4, -0.2) is 44.3 Å². The Morgan fingerprint density at radius 2 is 2.08 bits per heavy atom. The first-order valence-corrected chi connectivity index (χ1v) is 8.34. The molecule has 1 saturated carbocycles. The van der Waals surface area contributed by atoms with Crippen molar-refractivity contribution in [2.75, 3.05) is 14.2 Å². The number of hydrogen-bond donors (Lipinski definition) is 2. The number of methoxy groups -OCH3 is 1. The third-order valence-electron chi connectivity index (χ3n) is 4.43. The Morgan fingerprint density at radius 3 is 2.75 bits per heavy atom. The van der Waals surface area contributed by atoms with Crippen LogP contribution in [0.15, 0.2) is 24.3 Å². The van der Waals surface area contributed by atoms with Crippen molar-refractivity contribution >= 4 is 11.9 Å². The summed E-state index contributed by atoms with van der Waals surface area (Å²) in [7, 11) is 3.05. The minimum absolute atomic E-state index is 0.102. The van der Waals surface area contributed by atoms with Crippen LogP contribution >= 0.6 is 0 Å². The van der Waals surface area contributed by atoms with E-state index in [0.29, 0.717) is 18.4 Å². The van der Waals surface area contributed by atoms with Gasteiger partial charge < -0.3 is 20.5 Å². The monoisotopic (exact) mass is 334 g/mol. The topological polar surface area (TPSA) is 90.6 Å². The molecule has 132 valence electrons. The second-order valence-corrected chi connectivity index (χ2v) is 6.18. The van der Waals surface area contributed by atoms with Gasteiger partial charge in [-0.2, -0.15) is 0 Å². The van der Waals surface area contributed by atoms with Crippen molar-refractivity contribution in [3.05, 3.63) is 35.4 Å². The number of hydrogen-bond acceptors (Lipinski definition) is 6. The Kier molecular flexibility index (Phi) is 6.75. The molecule has 0 heterocycles. The van der Waals surface area contributed by atoms with Gasteiger partial charge in [0.05, 0.1) is 12.7 Å². The molecule has 1 fully saturated rings. The van der Waals surface area contributed by atoms with E-state index >= 15 is 0 Å². The van der Waals surface area contributed by atoms with Crippen LogP contribution in [0.2, 0.25) is 0 Å². The van der Waals surface area contributed by atoms with Gasteiger partial charge in [-0.15, -0.1) is 0 Å². The molecule has 6 heteroatoms. The Balaban J connectivity index is 2.03. The third kappa shape index (κ3) is 4.79. The molecule has 0 aromatic heterocycles. The van der Waals surface area contributed by atoms with Gasteiger partial charge in [-0.05, 0) is 50.8 Å². The molecule has 0 amide bonds. The van der Waals surface area contributed by atoms with E-state index in [1.807, 2.05) is 12.1 Å². The second kappa shape index (κ2) is 8.80. The maximum Gasteiger partial charge on any atom is 0.338 e. The minimum Gasteiger partial charge on any atom is -0.465 e. The number of nitrogens with one attached hydrogen (secondary N) is 1. The summed E-state index contributed by atoms with van der Waals surface area (Å²) in [5.74, 6) is -0.719. The summed E-state index contributed by atoms with van der Waals surface area (Å²) in [6.07, 6.45) is 3.77. The molecule has 0 aliphatic heterocycles. The quantitative estimate of drug-likeness (QED) is 0.765. The Bertz CT molecular complexity index is 576. The van der Waals surface area contributed by atoms with Gasteiger partial charge in [0, 0.05) is 6.04 Å². The molecule has 1 aromatic carbocycles. The van der Waals surface area contributed by atoms with Gasteiger partial charge in [0.15, 0.2) is 0 Å². The summed E-state index contributed by atoms with van der Waals surface area (Å²) in [5, 5.41) is 2.98. The number of esters is 2. The Labute approximate surface area is 142 Å². The van der Waals surface area contributed by atoms with E-state index in [1.165, 1.54) is 7.11 Å². The largest absolute Gasteiger partial charge is 0.465 e. The normalized spacial score (nSPS) is 21.8. The van der Waals surface area contributed by atoms with Crippen LogP contribution < -0.4 is 11.1 Å². The maximum atomic E-state index is 12.5. The summed E-state index contributed by atoms with van der Waals surface area (Å²) >= 11 is 0. The molecule has 1 aliphatic rings. The van der Waals surface area contributed by atoms with Crippen molar-refractivity contribution in [3.8, 4) is 0 Å². The number of rotatable bonds is 6. The summed E-state index contributed by atoms with van der Waals surface area (Å²) in [6.45, 7) is 0. The average molecular weight is 334 g/mol. The molecule has 0 radical (unpaired) electrons. The van der Waals surface area contributed by atoms with E-state index in [1.54, 1.807) is 19.2 Å². The van der Waals surface area contributed by atoms with Crippen molar-refractivity contribution < 1.29 is 19.1 Å². The lowest BCUT2D eigenvalue weighted by molar-refractivity contribution is -0.153. The van der Waals surface area contributed by atoms with Crippen LogP contribution in [0.1, 0.15) is 41.6 Å². The number of benzene rings is 1. The van der Waals surface area contributed by atoms with E-state index in [2.05, 4.69) is 5.32 Å². The number of likely N-dealkylation sites (N-methyl/N-ethyl adjacent to an activating group) is 1. The summed E-state index contributed by atoms with van der Waals surface area (Å²) in [4.78, 5) is 24.3. The fourth-order valence-electron chi connectivity index (χ4n) is 3.07. The zero-order chi connectivity index (χ0) is 17.5. The highest BCUT2D eigenvalue weighted by Crippen LogP contribution is 2.21. The summed E-state index contributed by atoms with van der Waals surface area (Å²) < 4.78 is 10.4. The van der Waals surface area contributed by atoms with Crippen LogP contribution in [0.25, 0.3) is 0 Å². The zero-order valence-corrected chi connectivity index (χ0v) is 14.3. The molecule has 2 rings (SSSR count). The number of carbonyl (C=O) groups is 2. The summed E-state index contributed by atoms with van der Waals surface area (Å²) in [6, 6.07) is 6.70. The van der Waals surface area contributed by atoms with Gasteiger partial charge in [-0.25, -0.2) is 4.79 Å². The van der Waals surface area contributed by atoms with Crippen LogP contribution in [0, 0.1) is 0 Å². The highest BCUT2D eigenvalue weighted by Gasteiger charge is 2.27. The first kappa shape index (κ1) is 18.4. The molecule has 0 saturated heterocycles. The first-order chi connectivity index (χ1) is 11.5. The molecule has 0 spiro atoms. The molecule has 1 aliphatic carbocycles. The highest BCUT2D eigenvalue weighted by molar-refractivity contribution is 5.91. The van der Waals surface area contributed by atoms with Crippen LogP contribution in [0.5, 0.6) is 0 Å². The van der Waals surface area contributed by atoms with Gasteiger partial charge in [0.25, 0.3) is 0 Å². The van der Waals surface area contributed by atoms with E-state index in [9.17, 15) is 9.59 Å².